The third-order valence-corrected chi connectivity index (χ3v) is 8.90. The molecule has 0 rings (SSSR count). The molecule has 49 heavy (non-hydrogen) atoms. The van der Waals surface area contributed by atoms with Crippen LogP contribution in [0.4, 0.5) is 0 Å². The summed E-state index contributed by atoms with van der Waals surface area (Å²) >= 11 is 0. The fourth-order valence-electron chi connectivity index (χ4n) is 5.76. The first-order valence-electron chi connectivity index (χ1n) is 20.8. The predicted octanol–water partition coefficient (Wildman–Crippen LogP) is 12.9. The van der Waals surface area contributed by atoms with E-state index in [9.17, 15) is 14.4 Å². The van der Waals surface area contributed by atoms with E-state index in [1.54, 1.807) is 0 Å². The largest absolute Gasteiger partial charge is 0.462 e. The molecule has 1 unspecified atom stereocenters. The number of unbranched alkanes of at least 4 members (excludes halogenated alkanes) is 22. The van der Waals surface area contributed by atoms with Crippen molar-refractivity contribution in [3.63, 3.8) is 0 Å². The average molecular weight is 691 g/mol. The number of hydrogen-bond acceptors (Lipinski definition) is 6. The van der Waals surface area contributed by atoms with Crippen LogP contribution in [0.2, 0.25) is 0 Å². The zero-order valence-corrected chi connectivity index (χ0v) is 32.5. The highest BCUT2D eigenvalue weighted by Gasteiger charge is 2.19. The zero-order chi connectivity index (χ0) is 35.9. The van der Waals surface area contributed by atoms with Gasteiger partial charge in [0.05, 0.1) is 0 Å². The molecule has 0 aliphatic carbocycles. The third kappa shape index (κ3) is 37.0. The second-order valence-electron chi connectivity index (χ2n) is 13.9. The van der Waals surface area contributed by atoms with Gasteiger partial charge >= 0.3 is 17.9 Å². The zero-order valence-electron chi connectivity index (χ0n) is 32.5. The van der Waals surface area contributed by atoms with Crippen LogP contribution in [0, 0.1) is 0 Å². The Morgan fingerprint density at radius 2 is 0.714 bits per heavy atom. The summed E-state index contributed by atoms with van der Waals surface area (Å²) in [6.45, 7) is 6.25. The van der Waals surface area contributed by atoms with Crippen LogP contribution in [0.25, 0.3) is 0 Å². The van der Waals surface area contributed by atoms with E-state index in [1.807, 2.05) is 6.92 Å². The molecule has 0 aromatic rings. The molecule has 286 valence electrons. The van der Waals surface area contributed by atoms with E-state index < -0.39 is 6.10 Å². The van der Waals surface area contributed by atoms with E-state index in [-0.39, 0.29) is 31.1 Å². The Labute approximate surface area is 303 Å². The first-order valence-corrected chi connectivity index (χ1v) is 20.8. The van der Waals surface area contributed by atoms with E-state index >= 15 is 0 Å². The molecule has 0 aromatic heterocycles. The van der Waals surface area contributed by atoms with Crippen LogP contribution < -0.4 is 0 Å². The lowest BCUT2D eigenvalue weighted by molar-refractivity contribution is -0.167. The first-order chi connectivity index (χ1) is 24.0. The van der Waals surface area contributed by atoms with Gasteiger partial charge in [-0.05, 0) is 70.6 Å². The molecule has 0 amide bonds. The summed E-state index contributed by atoms with van der Waals surface area (Å²) in [4.78, 5) is 36.8. The summed E-state index contributed by atoms with van der Waals surface area (Å²) in [6, 6.07) is 0. The van der Waals surface area contributed by atoms with Gasteiger partial charge in [0, 0.05) is 19.3 Å². The van der Waals surface area contributed by atoms with E-state index in [1.165, 1.54) is 116 Å². The van der Waals surface area contributed by atoms with Crippen molar-refractivity contribution in [3.8, 4) is 0 Å². The van der Waals surface area contributed by atoms with Gasteiger partial charge in [-0.1, -0.05) is 148 Å². The van der Waals surface area contributed by atoms with Crippen molar-refractivity contribution in [1.82, 2.24) is 0 Å². The van der Waals surface area contributed by atoms with Crippen molar-refractivity contribution < 1.29 is 28.6 Å². The minimum atomic E-state index is -0.769. The summed E-state index contributed by atoms with van der Waals surface area (Å²) in [5, 5.41) is 0. The standard InChI is InChI=1S/C43H78O6/c1-4-7-9-11-13-15-17-19-21-23-25-27-29-31-33-36-42(45)48-39-40(38-47-41(44)35-6-3)49-43(46)37-34-32-30-28-26-24-22-20-18-16-14-12-10-8-5-2/h19-22,40H,4-18,23-39H2,1-3H3/b21-19-,22-20?. The molecule has 0 spiro atoms. The average Bonchev–Trinajstić information content (AvgIpc) is 3.09. The number of allylic oxidation sites excluding steroid dienone is 4. The summed E-state index contributed by atoms with van der Waals surface area (Å²) in [5.74, 6) is -0.960. The van der Waals surface area contributed by atoms with E-state index in [4.69, 9.17) is 14.2 Å². The maximum atomic E-state index is 12.5. The van der Waals surface area contributed by atoms with Crippen LogP contribution in [-0.2, 0) is 28.6 Å². The normalized spacial score (nSPS) is 12.1. The molecule has 0 aliphatic heterocycles. The molecule has 0 aliphatic rings. The summed E-state index contributed by atoms with van der Waals surface area (Å²) < 4.78 is 16.3. The fraction of sp³-hybridized carbons (Fsp3) is 0.837. The molecule has 0 aromatic carbocycles. The SMILES string of the molecule is CCCCCCCCC=CCCCCCCCC(=O)OC(COC(=O)CCC)COC(=O)CCCCCCC/C=C\CCCCCCCC. The molecule has 0 saturated carbocycles. The lowest BCUT2D eigenvalue weighted by atomic mass is 10.1. The van der Waals surface area contributed by atoms with Crippen molar-refractivity contribution in [3.05, 3.63) is 24.3 Å². The van der Waals surface area contributed by atoms with Crippen molar-refractivity contribution >= 4 is 17.9 Å². The number of carbonyl (C=O) groups is 3. The second kappa shape index (κ2) is 38.7. The summed E-state index contributed by atoms with van der Waals surface area (Å²) in [7, 11) is 0. The van der Waals surface area contributed by atoms with Crippen LogP contribution in [0.15, 0.2) is 24.3 Å². The van der Waals surface area contributed by atoms with E-state index in [2.05, 4.69) is 38.2 Å². The summed E-state index contributed by atoms with van der Waals surface area (Å²) in [6.07, 6.45) is 41.5. The van der Waals surface area contributed by atoms with Gasteiger partial charge in [0.15, 0.2) is 6.10 Å². The maximum Gasteiger partial charge on any atom is 0.306 e. The molecular weight excluding hydrogens is 612 g/mol. The van der Waals surface area contributed by atoms with Gasteiger partial charge in [0.25, 0.3) is 0 Å². The number of rotatable bonds is 37. The summed E-state index contributed by atoms with van der Waals surface area (Å²) in [5.41, 5.74) is 0. The first kappa shape index (κ1) is 46.9. The Hall–Kier alpha value is -2.11. The Morgan fingerprint density at radius 3 is 1.10 bits per heavy atom. The van der Waals surface area contributed by atoms with Crippen LogP contribution in [0.3, 0.4) is 0 Å². The fourth-order valence-corrected chi connectivity index (χ4v) is 5.76. The van der Waals surface area contributed by atoms with Gasteiger partial charge < -0.3 is 14.2 Å². The molecule has 0 heterocycles. The topological polar surface area (TPSA) is 78.9 Å². The highest BCUT2D eigenvalue weighted by molar-refractivity contribution is 5.71. The smallest absolute Gasteiger partial charge is 0.306 e. The highest BCUT2D eigenvalue weighted by atomic mass is 16.6. The molecule has 0 radical (unpaired) electrons. The molecular formula is C43H78O6. The Balaban J connectivity index is 4.03. The maximum absolute atomic E-state index is 12.5. The number of carbonyl (C=O) groups excluding carboxylic acids is 3. The predicted molar refractivity (Wildman–Crippen MR) is 206 cm³/mol. The third-order valence-electron chi connectivity index (χ3n) is 8.90. The van der Waals surface area contributed by atoms with Crippen LogP contribution in [0.5, 0.6) is 0 Å². The van der Waals surface area contributed by atoms with Gasteiger partial charge in [0.1, 0.15) is 13.2 Å². The Bertz CT molecular complexity index is 804. The molecule has 0 bridgehead atoms. The number of hydrogen-bond donors (Lipinski definition) is 0. The van der Waals surface area contributed by atoms with Crippen molar-refractivity contribution in [2.24, 2.45) is 0 Å². The number of ether oxygens (including phenoxy) is 3. The van der Waals surface area contributed by atoms with E-state index in [0.29, 0.717) is 25.7 Å². The number of esters is 3. The molecule has 1 atom stereocenters. The quantitative estimate of drug-likeness (QED) is 0.0279. The lowest BCUT2D eigenvalue weighted by Gasteiger charge is -2.18. The Morgan fingerprint density at radius 1 is 0.388 bits per heavy atom. The highest BCUT2D eigenvalue weighted by Crippen LogP contribution is 2.13. The molecule has 6 heteroatoms. The lowest BCUT2D eigenvalue weighted by Crippen LogP contribution is -2.30. The molecule has 0 N–H and O–H groups in total. The molecule has 0 fully saturated rings. The van der Waals surface area contributed by atoms with Gasteiger partial charge in [-0.2, -0.15) is 0 Å². The van der Waals surface area contributed by atoms with Gasteiger partial charge in [-0.25, -0.2) is 0 Å². The van der Waals surface area contributed by atoms with Crippen molar-refractivity contribution in [2.75, 3.05) is 13.2 Å². The van der Waals surface area contributed by atoms with Gasteiger partial charge in [-0.3, -0.25) is 14.4 Å². The van der Waals surface area contributed by atoms with Gasteiger partial charge in [-0.15, -0.1) is 0 Å². The van der Waals surface area contributed by atoms with Crippen LogP contribution in [0.1, 0.15) is 213 Å². The minimum absolute atomic E-state index is 0.0819. The van der Waals surface area contributed by atoms with Crippen LogP contribution in [-0.4, -0.2) is 37.2 Å². The Kier molecular flexibility index (Phi) is 37.0. The van der Waals surface area contributed by atoms with Crippen molar-refractivity contribution in [1.29, 1.82) is 0 Å². The minimum Gasteiger partial charge on any atom is -0.462 e. The van der Waals surface area contributed by atoms with Crippen molar-refractivity contribution in [2.45, 2.75) is 219 Å². The van der Waals surface area contributed by atoms with E-state index in [0.717, 1.165) is 51.4 Å². The van der Waals surface area contributed by atoms with Gasteiger partial charge in [0.2, 0.25) is 0 Å². The monoisotopic (exact) mass is 691 g/mol. The molecule has 0 saturated heterocycles. The molecule has 6 nitrogen and oxygen atoms in total. The second-order valence-corrected chi connectivity index (χ2v) is 13.9. The van der Waals surface area contributed by atoms with Crippen LogP contribution >= 0.6 is 0 Å².